The van der Waals surface area contributed by atoms with E-state index in [4.69, 9.17) is 16.3 Å². The van der Waals surface area contributed by atoms with Gasteiger partial charge in [-0.1, -0.05) is 41.9 Å². The third-order valence-electron chi connectivity index (χ3n) is 3.25. The highest BCUT2D eigenvalue weighted by molar-refractivity contribution is 6.33. The molecule has 2 aromatic rings. The van der Waals surface area contributed by atoms with Gasteiger partial charge in [-0.25, -0.2) is 9.59 Å². The van der Waals surface area contributed by atoms with Crippen LogP contribution in [0.25, 0.3) is 0 Å². The number of anilines is 1. The Morgan fingerprint density at radius 2 is 1.79 bits per heavy atom. The van der Waals surface area contributed by atoms with Gasteiger partial charge in [-0.15, -0.1) is 0 Å². The summed E-state index contributed by atoms with van der Waals surface area (Å²) in [5.41, 5.74) is 1.24. The summed E-state index contributed by atoms with van der Waals surface area (Å²) >= 11 is 6.03. The minimum absolute atomic E-state index is 0.267. The van der Waals surface area contributed by atoms with Gasteiger partial charge in [0, 0.05) is 19.7 Å². The van der Waals surface area contributed by atoms with E-state index in [9.17, 15) is 9.59 Å². The fourth-order valence-electron chi connectivity index (χ4n) is 1.99. The van der Waals surface area contributed by atoms with Gasteiger partial charge in [0.1, 0.15) is 5.75 Å². The zero-order chi connectivity index (χ0) is 17.5. The molecule has 126 valence electrons. The maximum atomic E-state index is 12.3. The summed E-state index contributed by atoms with van der Waals surface area (Å²) in [5, 5.41) is 5.58. The fraction of sp³-hybridized carbons (Fsp3) is 0.176. The molecule has 24 heavy (non-hydrogen) atoms. The number of carbonyl (C=O) groups is 2. The number of ether oxygens (including phenoxy) is 1. The second-order valence-electron chi connectivity index (χ2n) is 5.01. The fourth-order valence-corrected chi connectivity index (χ4v) is 2.17. The van der Waals surface area contributed by atoms with Crippen molar-refractivity contribution < 1.29 is 14.3 Å². The summed E-state index contributed by atoms with van der Waals surface area (Å²) in [5.74, 6) is 0.397. The van der Waals surface area contributed by atoms with Gasteiger partial charge in [0.15, 0.2) is 0 Å². The van der Waals surface area contributed by atoms with Gasteiger partial charge in [0.05, 0.1) is 17.3 Å². The number of amides is 3. The van der Waals surface area contributed by atoms with Gasteiger partial charge in [-0.3, -0.25) is 0 Å². The van der Waals surface area contributed by atoms with Gasteiger partial charge in [-0.2, -0.15) is 0 Å². The molecule has 7 heteroatoms. The predicted octanol–water partition coefficient (Wildman–Crippen LogP) is 3.72. The van der Waals surface area contributed by atoms with E-state index in [0.29, 0.717) is 22.0 Å². The molecule has 0 aliphatic heterocycles. The monoisotopic (exact) mass is 347 g/mol. The van der Waals surface area contributed by atoms with Crippen molar-refractivity contribution in [3.8, 4) is 5.75 Å². The molecule has 0 aliphatic rings. The number of benzene rings is 2. The quantitative estimate of drug-likeness (QED) is 0.885. The first kappa shape index (κ1) is 17.6. The third-order valence-corrected chi connectivity index (χ3v) is 3.58. The van der Waals surface area contributed by atoms with Crippen LogP contribution in [0, 0.1) is 0 Å². The van der Waals surface area contributed by atoms with Gasteiger partial charge in [-0.05, 0) is 18.2 Å². The second kappa shape index (κ2) is 8.21. The molecule has 2 N–H and O–H groups in total. The van der Waals surface area contributed by atoms with Crippen LogP contribution >= 0.6 is 11.6 Å². The lowest BCUT2D eigenvalue weighted by Gasteiger charge is -2.20. The number of halogens is 1. The lowest BCUT2D eigenvalue weighted by molar-refractivity contribution is 0.201. The number of para-hydroxylation sites is 2. The lowest BCUT2D eigenvalue weighted by Crippen LogP contribution is -2.31. The highest BCUT2D eigenvalue weighted by Gasteiger charge is 2.14. The average molecular weight is 348 g/mol. The first-order chi connectivity index (χ1) is 11.5. The van der Waals surface area contributed by atoms with Crippen LogP contribution in [0.5, 0.6) is 5.75 Å². The Morgan fingerprint density at radius 1 is 1.12 bits per heavy atom. The summed E-state index contributed by atoms with van der Waals surface area (Å²) in [7, 11) is 3.12. The van der Waals surface area contributed by atoms with Crippen molar-refractivity contribution in [2.24, 2.45) is 0 Å². The van der Waals surface area contributed by atoms with E-state index in [1.54, 1.807) is 49.5 Å². The molecular formula is C17H18ClN3O3. The Hall–Kier alpha value is -2.73. The molecular weight excluding hydrogens is 330 g/mol. The maximum absolute atomic E-state index is 12.3. The van der Waals surface area contributed by atoms with E-state index in [2.05, 4.69) is 10.6 Å². The Kier molecular flexibility index (Phi) is 6.03. The molecule has 3 amide bonds. The average Bonchev–Trinajstić information content (AvgIpc) is 2.58. The zero-order valence-corrected chi connectivity index (χ0v) is 14.1. The smallest absolute Gasteiger partial charge is 0.410 e. The highest BCUT2D eigenvalue weighted by Crippen LogP contribution is 2.22. The highest BCUT2D eigenvalue weighted by atomic mass is 35.5. The van der Waals surface area contributed by atoms with Gasteiger partial charge in [0.2, 0.25) is 0 Å². The summed E-state index contributed by atoms with van der Waals surface area (Å²) in [6, 6.07) is 13.7. The molecule has 0 bridgehead atoms. The summed E-state index contributed by atoms with van der Waals surface area (Å²) in [6.07, 6.45) is -0.564. The Labute approximate surface area is 145 Å². The number of nitrogens with one attached hydrogen (secondary N) is 2. The topological polar surface area (TPSA) is 70.7 Å². The number of nitrogens with zero attached hydrogens (tertiary/aromatic N) is 1. The van der Waals surface area contributed by atoms with E-state index in [0.717, 1.165) is 0 Å². The van der Waals surface area contributed by atoms with E-state index < -0.39 is 6.09 Å². The van der Waals surface area contributed by atoms with Crippen molar-refractivity contribution in [3.63, 3.8) is 0 Å². The molecule has 0 unspecified atom stereocenters. The predicted molar refractivity (Wildman–Crippen MR) is 93.5 cm³/mol. The van der Waals surface area contributed by atoms with Crippen molar-refractivity contribution in [3.05, 3.63) is 59.1 Å². The molecule has 0 saturated carbocycles. The number of carbonyl (C=O) groups excluding carboxylic acids is 2. The molecule has 0 aliphatic carbocycles. The molecule has 0 heterocycles. The van der Waals surface area contributed by atoms with Crippen LogP contribution in [-0.4, -0.2) is 31.1 Å². The molecule has 0 radical (unpaired) electrons. The van der Waals surface area contributed by atoms with Crippen LogP contribution in [0.1, 0.15) is 5.56 Å². The second-order valence-corrected chi connectivity index (χ2v) is 5.42. The number of hydrogen-bond acceptors (Lipinski definition) is 3. The van der Waals surface area contributed by atoms with Crippen LogP contribution < -0.4 is 15.4 Å². The maximum Gasteiger partial charge on any atom is 0.412 e. The zero-order valence-electron chi connectivity index (χ0n) is 13.4. The van der Waals surface area contributed by atoms with Crippen molar-refractivity contribution in [1.82, 2.24) is 10.2 Å². The number of hydrogen-bond donors (Lipinski definition) is 2. The normalized spacial score (nSPS) is 9.96. The van der Waals surface area contributed by atoms with Crippen LogP contribution in [0.3, 0.4) is 0 Å². The van der Waals surface area contributed by atoms with Gasteiger partial charge in [0.25, 0.3) is 0 Å². The Bertz CT molecular complexity index is 737. The molecule has 2 rings (SSSR count). The molecule has 0 saturated heterocycles. The first-order valence-corrected chi connectivity index (χ1v) is 7.63. The molecule has 0 atom stereocenters. The van der Waals surface area contributed by atoms with Crippen LogP contribution in [0.2, 0.25) is 5.02 Å². The molecule has 0 spiro atoms. The van der Waals surface area contributed by atoms with Crippen molar-refractivity contribution in [1.29, 1.82) is 0 Å². The van der Waals surface area contributed by atoms with Gasteiger partial charge < -0.3 is 20.3 Å². The Morgan fingerprint density at radius 3 is 2.50 bits per heavy atom. The van der Waals surface area contributed by atoms with Crippen LogP contribution in [0.4, 0.5) is 15.3 Å². The largest absolute Gasteiger partial charge is 0.412 e. The SMILES string of the molecule is CNC(=O)Oc1ccccc1CN(C)C(=O)Nc1ccccc1Cl. The minimum atomic E-state index is -0.564. The Balaban J connectivity index is 2.06. The first-order valence-electron chi connectivity index (χ1n) is 7.25. The van der Waals surface area contributed by atoms with Crippen molar-refractivity contribution in [2.45, 2.75) is 6.54 Å². The van der Waals surface area contributed by atoms with Crippen molar-refractivity contribution >= 4 is 29.4 Å². The van der Waals surface area contributed by atoms with E-state index in [-0.39, 0.29) is 12.6 Å². The summed E-state index contributed by atoms with van der Waals surface area (Å²) < 4.78 is 5.18. The van der Waals surface area contributed by atoms with Crippen LogP contribution in [-0.2, 0) is 6.54 Å². The molecule has 0 fully saturated rings. The third kappa shape index (κ3) is 4.63. The van der Waals surface area contributed by atoms with E-state index >= 15 is 0 Å². The van der Waals surface area contributed by atoms with E-state index in [1.165, 1.54) is 11.9 Å². The molecule has 2 aromatic carbocycles. The van der Waals surface area contributed by atoms with Gasteiger partial charge >= 0.3 is 12.1 Å². The lowest BCUT2D eigenvalue weighted by atomic mass is 10.2. The van der Waals surface area contributed by atoms with Crippen LogP contribution in [0.15, 0.2) is 48.5 Å². The molecule has 0 aromatic heterocycles. The summed E-state index contributed by atoms with van der Waals surface area (Å²) in [4.78, 5) is 25.2. The standard InChI is InChI=1S/C17H18ClN3O3/c1-19-17(23)24-15-10-6-3-7-12(15)11-21(2)16(22)20-14-9-5-4-8-13(14)18/h3-10H,11H2,1-2H3,(H,19,23)(H,20,22). The number of urea groups is 1. The minimum Gasteiger partial charge on any atom is -0.410 e. The van der Waals surface area contributed by atoms with Crippen molar-refractivity contribution in [2.75, 3.05) is 19.4 Å². The van der Waals surface area contributed by atoms with E-state index in [1.807, 2.05) is 6.07 Å². The summed E-state index contributed by atoms with van der Waals surface area (Å²) in [6.45, 7) is 0.267. The number of rotatable bonds is 4. The molecule has 6 nitrogen and oxygen atoms in total.